The Morgan fingerprint density at radius 3 is 2.81 bits per heavy atom. The summed E-state index contributed by atoms with van der Waals surface area (Å²) in [6.45, 7) is 0.491. The molecule has 0 bridgehead atoms. The molecule has 90 valence electrons. The Bertz CT molecular complexity index is 468. The van der Waals surface area contributed by atoms with Crippen molar-refractivity contribution in [3.63, 3.8) is 0 Å². The highest BCUT2D eigenvalue weighted by molar-refractivity contribution is 7.88. The first-order valence-electron chi connectivity index (χ1n) is 4.25. The molecule has 7 nitrogen and oxygen atoms in total. The van der Waals surface area contributed by atoms with Gasteiger partial charge in [0, 0.05) is 13.1 Å². The number of hydrogen-bond acceptors (Lipinski definition) is 6. The minimum Gasteiger partial charge on any atom is -0.476 e. The van der Waals surface area contributed by atoms with Crippen molar-refractivity contribution < 1.29 is 18.3 Å². The van der Waals surface area contributed by atoms with Crippen LogP contribution in [0.3, 0.4) is 0 Å². The molecule has 3 N–H and O–H groups in total. The average Bonchev–Trinajstić information content (AvgIpc) is 2.58. The number of aromatic carboxylic acids is 1. The van der Waals surface area contributed by atoms with Gasteiger partial charge < -0.3 is 10.4 Å². The van der Waals surface area contributed by atoms with Gasteiger partial charge in [-0.1, -0.05) is 0 Å². The van der Waals surface area contributed by atoms with Gasteiger partial charge >= 0.3 is 5.97 Å². The molecule has 1 aromatic heterocycles. The SMILES string of the molecule is CS(=O)(=O)NCCNc1scnc1C(=O)O. The summed E-state index contributed by atoms with van der Waals surface area (Å²) in [5, 5.41) is 11.9. The predicted octanol–water partition coefficient (Wildman–Crippen LogP) is -0.198. The molecule has 0 radical (unpaired) electrons. The molecule has 0 aromatic carbocycles. The molecule has 9 heteroatoms. The molecule has 0 spiro atoms. The lowest BCUT2D eigenvalue weighted by Gasteiger charge is -2.04. The molecular formula is C7H11N3O4S2. The van der Waals surface area contributed by atoms with E-state index in [1.807, 2.05) is 0 Å². The second-order valence-corrected chi connectivity index (χ2v) is 5.62. The van der Waals surface area contributed by atoms with Crippen LogP contribution < -0.4 is 10.0 Å². The summed E-state index contributed by atoms with van der Waals surface area (Å²) >= 11 is 1.16. The Morgan fingerprint density at radius 1 is 1.56 bits per heavy atom. The quantitative estimate of drug-likeness (QED) is 0.615. The number of carboxylic acids is 1. The monoisotopic (exact) mass is 265 g/mol. The minimum atomic E-state index is -3.21. The first-order valence-corrected chi connectivity index (χ1v) is 7.02. The number of nitrogens with one attached hydrogen (secondary N) is 2. The number of nitrogens with zero attached hydrogens (tertiary/aromatic N) is 1. The largest absolute Gasteiger partial charge is 0.476 e. The Labute approximate surface area is 96.6 Å². The van der Waals surface area contributed by atoms with Gasteiger partial charge in [-0.05, 0) is 0 Å². The van der Waals surface area contributed by atoms with Crippen LogP contribution in [0.4, 0.5) is 5.00 Å². The molecule has 0 aliphatic rings. The van der Waals surface area contributed by atoms with Crippen molar-refractivity contribution in [2.24, 2.45) is 0 Å². The molecule has 1 heterocycles. The lowest BCUT2D eigenvalue weighted by molar-refractivity contribution is 0.0692. The molecule has 0 saturated heterocycles. The van der Waals surface area contributed by atoms with Crippen molar-refractivity contribution in [2.75, 3.05) is 24.7 Å². The lowest BCUT2D eigenvalue weighted by atomic mass is 10.4. The molecule has 0 amide bonds. The normalized spacial score (nSPS) is 11.3. The topological polar surface area (TPSA) is 108 Å². The van der Waals surface area contributed by atoms with E-state index in [4.69, 9.17) is 5.11 Å². The smallest absolute Gasteiger partial charge is 0.357 e. The third-order valence-corrected chi connectivity index (χ3v) is 3.06. The number of carboxylic acid groups (broad SMARTS) is 1. The van der Waals surface area contributed by atoms with Gasteiger partial charge in [-0.25, -0.2) is 22.9 Å². The lowest BCUT2D eigenvalue weighted by Crippen LogP contribution is -2.27. The second kappa shape index (κ2) is 5.23. The van der Waals surface area contributed by atoms with E-state index < -0.39 is 16.0 Å². The molecule has 0 aliphatic carbocycles. The fraction of sp³-hybridized carbons (Fsp3) is 0.429. The van der Waals surface area contributed by atoms with Gasteiger partial charge in [-0.3, -0.25) is 0 Å². The summed E-state index contributed by atoms with van der Waals surface area (Å²) < 4.78 is 23.7. The fourth-order valence-corrected chi connectivity index (χ4v) is 2.11. The van der Waals surface area contributed by atoms with Crippen molar-refractivity contribution in [3.05, 3.63) is 11.2 Å². The van der Waals surface area contributed by atoms with Crippen molar-refractivity contribution in [1.82, 2.24) is 9.71 Å². The first-order chi connectivity index (χ1) is 7.40. The molecule has 16 heavy (non-hydrogen) atoms. The first kappa shape index (κ1) is 12.9. The van der Waals surface area contributed by atoms with Crippen LogP contribution >= 0.6 is 11.3 Å². The van der Waals surface area contributed by atoms with E-state index >= 15 is 0 Å². The molecule has 1 rings (SSSR count). The van der Waals surface area contributed by atoms with Crippen molar-refractivity contribution in [3.8, 4) is 0 Å². The van der Waals surface area contributed by atoms with Crippen LogP contribution in [0.2, 0.25) is 0 Å². The van der Waals surface area contributed by atoms with Gasteiger partial charge in [0.25, 0.3) is 0 Å². The van der Waals surface area contributed by atoms with E-state index in [9.17, 15) is 13.2 Å². The Balaban J connectivity index is 2.43. The predicted molar refractivity (Wildman–Crippen MR) is 60.4 cm³/mol. The highest BCUT2D eigenvalue weighted by Crippen LogP contribution is 2.19. The van der Waals surface area contributed by atoms with Gasteiger partial charge in [-0.2, -0.15) is 0 Å². The van der Waals surface area contributed by atoms with E-state index in [1.54, 1.807) is 0 Å². The maximum Gasteiger partial charge on any atom is 0.357 e. The van der Waals surface area contributed by atoms with Gasteiger partial charge in [0.15, 0.2) is 5.69 Å². The van der Waals surface area contributed by atoms with Crippen LogP contribution in [0, 0.1) is 0 Å². The molecule has 0 fully saturated rings. The van der Waals surface area contributed by atoms with Crippen molar-refractivity contribution in [1.29, 1.82) is 0 Å². The van der Waals surface area contributed by atoms with Crippen LogP contribution in [0.15, 0.2) is 5.51 Å². The zero-order chi connectivity index (χ0) is 12.2. The zero-order valence-electron chi connectivity index (χ0n) is 8.43. The third-order valence-electron chi connectivity index (χ3n) is 1.54. The van der Waals surface area contributed by atoms with Gasteiger partial charge in [0.2, 0.25) is 10.0 Å². The Hall–Kier alpha value is -1.19. The molecule has 0 aliphatic heterocycles. The number of aromatic nitrogens is 1. The van der Waals surface area contributed by atoms with Crippen LogP contribution in [-0.4, -0.2) is 43.8 Å². The number of hydrogen-bond donors (Lipinski definition) is 3. The van der Waals surface area contributed by atoms with Crippen molar-refractivity contribution >= 4 is 32.3 Å². The maximum absolute atomic E-state index is 10.7. The van der Waals surface area contributed by atoms with Crippen LogP contribution in [0.25, 0.3) is 0 Å². The summed E-state index contributed by atoms with van der Waals surface area (Å²) in [5.74, 6) is -1.11. The molecule has 0 saturated carbocycles. The van der Waals surface area contributed by atoms with Crippen LogP contribution in [0.5, 0.6) is 0 Å². The van der Waals surface area contributed by atoms with E-state index in [1.165, 1.54) is 5.51 Å². The van der Waals surface area contributed by atoms with Gasteiger partial charge in [0.05, 0.1) is 11.8 Å². The van der Waals surface area contributed by atoms with Crippen LogP contribution in [0.1, 0.15) is 10.5 Å². The average molecular weight is 265 g/mol. The Morgan fingerprint density at radius 2 is 2.25 bits per heavy atom. The van der Waals surface area contributed by atoms with E-state index in [0.717, 1.165) is 17.6 Å². The molecular weight excluding hydrogens is 254 g/mol. The fourth-order valence-electron chi connectivity index (χ4n) is 0.936. The van der Waals surface area contributed by atoms with Crippen LogP contribution in [-0.2, 0) is 10.0 Å². The minimum absolute atomic E-state index is 0.0515. The summed E-state index contributed by atoms with van der Waals surface area (Å²) in [6, 6.07) is 0. The summed E-state index contributed by atoms with van der Waals surface area (Å²) in [5.41, 5.74) is 1.36. The number of thiazole rings is 1. The zero-order valence-corrected chi connectivity index (χ0v) is 10.1. The maximum atomic E-state index is 10.7. The number of carbonyl (C=O) groups is 1. The van der Waals surface area contributed by atoms with Gasteiger partial charge in [-0.15, -0.1) is 11.3 Å². The second-order valence-electron chi connectivity index (χ2n) is 2.93. The van der Waals surface area contributed by atoms with E-state index in [-0.39, 0.29) is 12.2 Å². The highest BCUT2D eigenvalue weighted by Gasteiger charge is 2.12. The molecule has 0 atom stereocenters. The van der Waals surface area contributed by atoms with E-state index in [0.29, 0.717) is 11.5 Å². The Kier molecular flexibility index (Phi) is 4.21. The summed E-state index contributed by atoms with van der Waals surface area (Å²) in [4.78, 5) is 14.3. The number of sulfonamides is 1. The van der Waals surface area contributed by atoms with Gasteiger partial charge in [0.1, 0.15) is 5.00 Å². The molecule has 0 unspecified atom stereocenters. The number of rotatable bonds is 6. The highest BCUT2D eigenvalue weighted by atomic mass is 32.2. The number of anilines is 1. The molecule has 1 aromatic rings. The summed E-state index contributed by atoms with van der Waals surface area (Å²) in [7, 11) is -3.21. The third kappa shape index (κ3) is 4.13. The van der Waals surface area contributed by atoms with E-state index in [2.05, 4.69) is 15.0 Å². The summed E-state index contributed by atoms with van der Waals surface area (Å²) in [6.07, 6.45) is 1.06. The van der Waals surface area contributed by atoms with Crippen molar-refractivity contribution in [2.45, 2.75) is 0 Å². The standard InChI is InChI=1S/C7H11N3O4S2/c1-16(13,14)10-3-2-8-6-5(7(11)12)9-4-15-6/h4,8,10H,2-3H2,1H3,(H,11,12).